The lowest BCUT2D eigenvalue weighted by molar-refractivity contribution is -0.139. The van der Waals surface area contributed by atoms with Crippen LogP contribution < -0.4 is 5.56 Å². The van der Waals surface area contributed by atoms with Crippen molar-refractivity contribution < 1.29 is 9.47 Å². The summed E-state index contributed by atoms with van der Waals surface area (Å²) in [7, 11) is 0. The molecule has 96 valence electrons. The van der Waals surface area contributed by atoms with Crippen LogP contribution in [-0.2, 0) is 15.9 Å². The molecule has 0 aliphatic rings. The van der Waals surface area contributed by atoms with Crippen molar-refractivity contribution in [1.82, 2.24) is 9.97 Å². The van der Waals surface area contributed by atoms with E-state index in [0.29, 0.717) is 31.6 Å². The Hall–Kier alpha value is -1.20. The lowest BCUT2D eigenvalue weighted by Gasteiger charge is -2.16. The normalized spacial score (nSPS) is 11.1. The van der Waals surface area contributed by atoms with Crippen LogP contribution >= 0.6 is 0 Å². The SMILES string of the molecule is CCOC(CCc1c(C)nc[nH]c1=O)OCC. The van der Waals surface area contributed by atoms with E-state index in [1.165, 1.54) is 6.33 Å². The van der Waals surface area contributed by atoms with Crippen molar-refractivity contribution in [2.24, 2.45) is 0 Å². The van der Waals surface area contributed by atoms with Gasteiger partial charge in [-0.3, -0.25) is 4.79 Å². The van der Waals surface area contributed by atoms with E-state index in [1.54, 1.807) is 0 Å². The molecular formula is C12H20N2O3. The van der Waals surface area contributed by atoms with Crippen LogP contribution in [0.4, 0.5) is 0 Å². The average Bonchev–Trinajstić information content (AvgIpc) is 2.29. The molecule has 1 aromatic heterocycles. The molecule has 1 rings (SSSR count). The van der Waals surface area contributed by atoms with Crippen LogP contribution in [0.15, 0.2) is 11.1 Å². The molecule has 0 saturated heterocycles. The van der Waals surface area contributed by atoms with E-state index in [1.807, 2.05) is 20.8 Å². The minimum atomic E-state index is -0.246. The molecule has 0 amide bonds. The van der Waals surface area contributed by atoms with Crippen LogP contribution in [0, 0.1) is 6.92 Å². The fourth-order valence-corrected chi connectivity index (χ4v) is 1.66. The largest absolute Gasteiger partial charge is 0.353 e. The highest BCUT2D eigenvalue weighted by Crippen LogP contribution is 2.07. The van der Waals surface area contributed by atoms with Gasteiger partial charge in [0, 0.05) is 30.9 Å². The van der Waals surface area contributed by atoms with E-state index >= 15 is 0 Å². The molecule has 0 atom stereocenters. The van der Waals surface area contributed by atoms with Crippen LogP contribution in [0.5, 0.6) is 0 Å². The van der Waals surface area contributed by atoms with E-state index in [4.69, 9.17) is 9.47 Å². The number of ether oxygens (including phenoxy) is 2. The Bertz CT molecular complexity index is 384. The van der Waals surface area contributed by atoms with E-state index in [0.717, 1.165) is 5.69 Å². The fourth-order valence-electron chi connectivity index (χ4n) is 1.66. The molecule has 0 saturated carbocycles. The fraction of sp³-hybridized carbons (Fsp3) is 0.667. The van der Waals surface area contributed by atoms with Crippen LogP contribution in [-0.4, -0.2) is 29.5 Å². The second kappa shape index (κ2) is 7.19. The van der Waals surface area contributed by atoms with Crippen molar-refractivity contribution in [2.75, 3.05) is 13.2 Å². The van der Waals surface area contributed by atoms with Crippen LogP contribution in [0.2, 0.25) is 0 Å². The molecule has 0 bridgehead atoms. The van der Waals surface area contributed by atoms with Gasteiger partial charge in [-0.1, -0.05) is 0 Å². The quantitative estimate of drug-likeness (QED) is 0.732. The summed E-state index contributed by atoms with van der Waals surface area (Å²) in [6, 6.07) is 0. The van der Waals surface area contributed by atoms with Gasteiger partial charge >= 0.3 is 0 Å². The third-order valence-corrected chi connectivity index (χ3v) is 2.50. The van der Waals surface area contributed by atoms with Gasteiger partial charge in [0.25, 0.3) is 5.56 Å². The van der Waals surface area contributed by atoms with Crippen molar-refractivity contribution in [3.8, 4) is 0 Å². The highest BCUT2D eigenvalue weighted by atomic mass is 16.7. The second-order valence-electron chi connectivity index (χ2n) is 3.67. The van der Waals surface area contributed by atoms with Crippen molar-refractivity contribution >= 4 is 0 Å². The summed E-state index contributed by atoms with van der Waals surface area (Å²) >= 11 is 0. The maximum absolute atomic E-state index is 11.6. The maximum Gasteiger partial charge on any atom is 0.254 e. The Kier molecular flexibility index (Phi) is 5.86. The number of aromatic nitrogens is 2. The summed E-state index contributed by atoms with van der Waals surface area (Å²) < 4.78 is 10.9. The highest BCUT2D eigenvalue weighted by Gasteiger charge is 2.11. The van der Waals surface area contributed by atoms with Gasteiger partial charge in [0.05, 0.1) is 6.33 Å². The number of hydrogen-bond donors (Lipinski definition) is 1. The number of H-pyrrole nitrogens is 1. The summed E-state index contributed by atoms with van der Waals surface area (Å²) in [5, 5.41) is 0. The third kappa shape index (κ3) is 4.28. The molecule has 0 radical (unpaired) electrons. The van der Waals surface area contributed by atoms with Gasteiger partial charge < -0.3 is 14.5 Å². The Balaban J connectivity index is 2.61. The standard InChI is InChI=1S/C12H20N2O3/c1-4-16-11(17-5-2)7-6-10-9(3)13-8-14-12(10)15/h8,11H,4-7H2,1-3H3,(H,13,14,15). The van der Waals surface area contributed by atoms with Gasteiger partial charge in [0.15, 0.2) is 6.29 Å². The van der Waals surface area contributed by atoms with E-state index in [-0.39, 0.29) is 11.8 Å². The molecule has 17 heavy (non-hydrogen) atoms. The predicted octanol–water partition coefficient (Wildman–Crippen LogP) is 1.41. The Morgan fingerprint density at radius 1 is 1.35 bits per heavy atom. The topological polar surface area (TPSA) is 64.2 Å². The number of aromatic amines is 1. The molecule has 0 aliphatic heterocycles. The number of rotatable bonds is 7. The van der Waals surface area contributed by atoms with E-state index < -0.39 is 0 Å². The maximum atomic E-state index is 11.6. The number of hydrogen-bond acceptors (Lipinski definition) is 4. The van der Waals surface area contributed by atoms with Gasteiger partial charge in [-0.05, 0) is 27.2 Å². The van der Waals surface area contributed by atoms with Crippen molar-refractivity contribution in [2.45, 2.75) is 39.9 Å². The first kappa shape index (κ1) is 13.9. The molecular weight excluding hydrogens is 220 g/mol. The summed E-state index contributed by atoms with van der Waals surface area (Å²) in [6.45, 7) is 6.89. The molecule has 0 spiro atoms. The smallest absolute Gasteiger partial charge is 0.254 e. The van der Waals surface area contributed by atoms with E-state index in [2.05, 4.69) is 9.97 Å². The first-order valence-electron chi connectivity index (χ1n) is 5.95. The van der Waals surface area contributed by atoms with Gasteiger partial charge in [0.1, 0.15) is 0 Å². The molecule has 5 nitrogen and oxygen atoms in total. The lowest BCUT2D eigenvalue weighted by Crippen LogP contribution is -2.21. The monoisotopic (exact) mass is 240 g/mol. The zero-order chi connectivity index (χ0) is 12.7. The minimum Gasteiger partial charge on any atom is -0.353 e. The van der Waals surface area contributed by atoms with Gasteiger partial charge in [-0.15, -0.1) is 0 Å². The number of aryl methyl sites for hydroxylation is 1. The lowest BCUT2D eigenvalue weighted by atomic mass is 10.1. The van der Waals surface area contributed by atoms with E-state index in [9.17, 15) is 4.79 Å². The molecule has 0 fully saturated rings. The summed E-state index contributed by atoms with van der Waals surface area (Å²) in [4.78, 5) is 18.2. The van der Waals surface area contributed by atoms with Crippen molar-refractivity contribution in [3.05, 3.63) is 27.9 Å². The predicted molar refractivity (Wildman–Crippen MR) is 65.0 cm³/mol. The average molecular weight is 240 g/mol. The zero-order valence-electron chi connectivity index (χ0n) is 10.7. The Morgan fingerprint density at radius 3 is 2.53 bits per heavy atom. The highest BCUT2D eigenvalue weighted by molar-refractivity contribution is 5.14. The summed E-state index contributed by atoms with van der Waals surface area (Å²) in [6.07, 6.45) is 2.45. The van der Waals surface area contributed by atoms with Crippen molar-refractivity contribution in [3.63, 3.8) is 0 Å². The molecule has 5 heteroatoms. The van der Waals surface area contributed by atoms with Crippen LogP contribution in [0.3, 0.4) is 0 Å². The number of nitrogens with one attached hydrogen (secondary N) is 1. The third-order valence-electron chi connectivity index (χ3n) is 2.50. The Morgan fingerprint density at radius 2 is 2.00 bits per heavy atom. The minimum absolute atomic E-state index is 0.0794. The van der Waals surface area contributed by atoms with Gasteiger partial charge in [-0.2, -0.15) is 0 Å². The second-order valence-corrected chi connectivity index (χ2v) is 3.67. The zero-order valence-corrected chi connectivity index (χ0v) is 10.7. The van der Waals surface area contributed by atoms with Gasteiger partial charge in [-0.25, -0.2) is 4.98 Å². The molecule has 0 aliphatic carbocycles. The molecule has 1 aromatic rings. The number of nitrogens with zero attached hydrogens (tertiary/aromatic N) is 1. The first-order chi connectivity index (χ1) is 8.19. The molecule has 0 aromatic carbocycles. The first-order valence-corrected chi connectivity index (χ1v) is 5.95. The van der Waals surface area contributed by atoms with Crippen molar-refractivity contribution in [1.29, 1.82) is 0 Å². The van der Waals surface area contributed by atoms with Gasteiger partial charge in [0.2, 0.25) is 0 Å². The summed E-state index contributed by atoms with van der Waals surface area (Å²) in [5.41, 5.74) is 1.39. The Labute approximate surface area is 101 Å². The summed E-state index contributed by atoms with van der Waals surface area (Å²) in [5.74, 6) is 0. The van der Waals surface area contributed by atoms with Crippen LogP contribution in [0.25, 0.3) is 0 Å². The molecule has 1 heterocycles. The van der Waals surface area contributed by atoms with Crippen LogP contribution in [0.1, 0.15) is 31.5 Å². The molecule has 0 unspecified atom stereocenters. The molecule has 1 N–H and O–H groups in total.